The number of hydrogen-bond donors (Lipinski definition) is 2. The summed E-state index contributed by atoms with van der Waals surface area (Å²) >= 11 is 0. The molecule has 3 amide bonds. The summed E-state index contributed by atoms with van der Waals surface area (Å²) in [7, 11) is 1.77. The van der Waals surface area contributed by atoms with E-state index in [1.807, 2.05) is 0 Å². The number of aromatic nitrogens is 2. The summed E-state index contributed by atoms with van der Waals surface area (Å²) in [6.07, 6.45) is 3.15. The molecular formula is C17H20FN5O2. The Labute approximate surface area is 144 Å². The third-order valence-electron chi connectivity index (χ3n) is 4.16. The zero-order valence-corrected chi connectivity index (χ0v) is 13.9. The Morgan fingerprint density at radius 2 is 2.04 bits per heavy atom. The number of piperidine rings is 1. The van der Waals surface area contributed by atoms with Crippen LogP contribution >= 0.6 is 0 Å². The first-order chi connectivity index (χ1) is 12.0. The number of hydrogen-bond acceptors (Lipinski definition) is 3. The van der Waals surface area contributed by atoms with Crippen molar-refractivity contribution in [2.75, 3.05) is 23.7 Å². The number of carbonyl (C=O) groups excluding carboxylic acids is 2. The van der Waals surface area contributed by atoms with Crippen LogP contribution in [0, 0.1) is 11.7 Å². The Balaban J connectivity index is 1.59. The van der Waals surface area contributed by atoms with Crippen molar-refractivity contribution in [3.63, 3.8) is 0 Å². The van der Waals surface area contributed by atoms with Gasteiger partial charge in [0, 0.05) is 32.4 Å². The third kappa shape index (κ3) is 4.14. The number of urea groups is 1. The van der Waals surface area contributed by atoms with Crippen LogP contribution in [0.2, 0.25) is 0 Å². The Kier molecular flexibility index (Phi) is 4.97. The van der Waals surface area contributed by atoms with Gasteiger partial charge in [0.25, 0.3) is 0 Å². The smallest absolute Gasteiger partial charge is 0.321 e. The highest BCUT2D eigenvalue weighted by molar-refractivity contribution is 5.93. The average Bonchev–Trinajstić information content (AvgIpc) is 3.02. The first-order valence-corrected chi connectivity index (χ1v) is 8.14. The monoisotopic (exact) mass is 345 g/mol. The highest BCUT2D eigenvalue weighted by atomic mass is 19.1. The number of para-hydroxylation sites is 1. The maximum atomic E-state index is 13.7. The quantitative estimate of drug-likeness (QED) is 0.897. The van der Waals surface area contributed by atoms with E-state index in [-0.39, 0.29) is 17.5 Å². The number of aryl methyl sites for hydroxylation is 1. The van der Waals surface area contributed by atoms with Gasteiger partial charge in [-0.05, 0) is 25.0 Å². The largest absolute Gasteiger partial charge is 0.324 e. The molecule has 1 atom stereocenters. The molecule has 0 bridgehead atoms. The van der Waals surface area contributed by atoms with Crippen LogP contribution in [0.1, 0.15) is 12.8 Å². The van der Waals surface area contributed by atoms with Crippen molar-refractivity contribution in [2.24, 2.45) is 13.0 Å². The van der Waals surface area contributed by atoms with E-state index in [9.17, 15) is 14.0 Å². The average molecular weight is 345 g/mol. The van der Waals surface area contributed by atoms with E-state index in [0.717, 1.165) is 0 Å². The highest BCUT2D eigenvalue weighted by Gasteiger charge is 2.29. The molecule has 3 rings (SSSR count). The molecule has 1 aliphatic heterocycles. The van der Waals surface area contributed by atoms with Crippen LogP contribution in [-0.4, -0.2) is 39.7 Å². The van der Waals surface area contributed by atoms with Crippen molar-refractivity contribution >= 4 is 23.4 Å². The molecule has 1 aromatic heterocycles. The lowest BCUT2D eigenvalue weighted by atomic mass is 9.97. The molecule has 7 nitrogen and oxygen atoms in total. The van der Waals surface area contributed by atoms with Crippen LogP contribution in [0.5, 0.6) is 0 Å². The molecule has 8 heteroatoms. The number of nitrogens with one attached hydrogen (secondary N) is 2. The Morgan fingerprint density at radius 3 is 2.76 bits per heavy atom. The van der Waals surface area contributed by atoms with Crippen LogP contribution in [0.15, 0.2) is 36.5 Å². The fourth-order valence-electron chi connectivity index (χ4n) is 2.84. The van der Waals surface area contributed by atoms with Crippen molar-refractivity contribution in [1.82, 2.24) is 14.7 Å². The van der Waals surface area contributed by atoms with Crippen LogP contribution < -0.4 is 10.6 Å². The number of halogens is 1. The molecule has 1 aliphatic rings. The number of rotatable bonds is 3. The van der Waals surface area contributed by atoms with Gasteiger partial charge in [-0.3, -0.25) is 9.48 Å². The topological polar surface area (TPSA) is 79.3 Å². The van der Waals surface area contributed by atoms with E-state index in [4.69, 9.17) is 0 Å². The molecule has 2 heterocycles. The van der Waals surface area contributed by atoms with E-state index >= 15 is 0 Å². The predicted octanol–water partition coefficient (Wildman–Crippen LogP) is 2.44. The first kappa shape index (κ1) is 16.9. The van der Waals surface area contributed by atoms with E-state index in [1.54, 1.807) is 41.0 Å². The molecule has 132 valence electrons. The molecule has 0 saturated carbocycles. The number of carbonyl (C=O) groups is 2. The van der Waals surface area contributed by atoms with Crippen molar-refractivity contribution in [2.45, 2.75) is 12.8 Å². The number of amides is 3. The van der Waals surface area contributed by atoms with Gasteiger partial charge in [0.1, 0.15) is 5.82 Å². The van der Waals surface area contributed by atoms with Gasteiger partial charge < -0.3 is 15.5 Å². The van der Waals surface area contributed by atoms with Crippen LogP contribution in [-0.2, 0) is 11.8 Å². The summed E-state index contributed by atoms with van der Waals surface area (Å²) in [6.45, 7) is 0.826. The third-order valence-corrected chi connectivity index (χ3v) is 4.16. The van der Waals surface area contributed by atoms with Gasteiger partial charge in [0.15, 0.2) is 5.82 Å². The summed E-state index contributed by atoms with van der Waals surface area (Å²) in [5, 5.41) is 9.43. The molecule has 0 unspecified atom stereocenters. The SMILES string of the molecule is Cn1ccc(NC(=O)[C@H]2CCCN(C(=O)Nc3ccccc3F)C2)n1. The molecule has 1 fully saturated rings. The molecule has 2 aromatic rings. The molecule has 1 saturated heterocycles. The molecule has 25 heavy (non-hydrogen) atoms. The molecular weight excluding hydrogens is 325 g/mol. The predicted molar refractivity (Wildman–Crippen MR) is 91.6 cm³/mol. The van der Waals surface area contributed by atoms with Gasteiger partial charge in [-0.25, -0.2) is 9.18 Å². The zero-order chi connectivity index (χ0) is 17.8. The summed E-state index contributed by atoms with van der Waals surface area (Å²) in [5.74, 6) is -0.484. The number of nitrogens with zero attached hydrogens (tertiary/aromatic N) is 3. The lowest BCUT2D eigenvalue weighted by Crippen LogP contribution is -2.45. The Bertz CT molecular complexity index is 776. The first-order valence-electron chi connectivity index (χ1n) is 8.14. The van der Waals surface area contributed by atoms with Gasteiger partial charge in [-0.2, -0.15) is 5.10 Å². The van der Waals surface area contributed by atoms with Crippen molar-refractivity contribution in [3.8, 4) is 0 Å². The minimum absolute atomic E-state index is 0.132. The van der Waals surface area contributed by atoms with Crippen LogP contribution in [0.3, 0.4) is 0 Å². The van der Waals surface area contributed by atoms with Gasteiger partial charge in [0.05, 0.1) is 11.6 Å². The second kappa shape index (κ2) is 7.33. The van der Waals surface area contributed by atoms with E-state index in [2.05, 4.69) is 15.7 Å². The second-order valence-electron chi connectivity index (χ2n) is 6.06. The lowest BCUT2D eigenvalue weighted by molar-refractivity contribution is -0.121. The number of anilines is 2. The van der Waals surface area contributed by atoms with E-state index in [0.29, 0.717) is 31.7 Å². The fraction of sp³-hybridized carbons (Fsp3) is 0.353. The highest BCUT2D eigenvalue weighted by Crippen LogP contribution is 2.20. The lowest BCUT2D eigenvalue weighted by Gasteiger charge is -2.31. The Morgan fingerprint density at radius 1 is 1.24 bits per heavy atom. The van der Waals surface area contributed by atoms with Gasteiger partial charge >= 0.3 is 6.03 Å². The van der Waals surface area contributed by atoms with Crippen LogP contribution in [0.25, 0.3) is 0 Å². The summed E-state index contributed by atoms with van der Waals surface area (Å²) < 4.78 is 15.3. The normalized spacial score (nSPS) is 17.2. The molecule has 1 aromatic carbocycles. The van der Waals surface area contributed by atoms with Gasteiger partial charge in [0.2, 0.25) is 5.91 Å². The molecule has 0 aliphatic carbocycles. The Hall–Kier alpha value is -2.90. The van der Waals surface area contributed by atoms with E-state index < -0.39 is 11.8 Å². The standard InChI is InChI=1S/C17H20FN5O2/c1-22-10-8-15(21-22)20-16(24)12-5-4-9-23(11-12)17(25)19-14-7-3-2-6-13(14)18/h2-3,6-8,10,12H,4-5,9,11H2,1H3,(H,19,25)(H,20,21,24)/t12-/m0/s1. The van der Waals surface area contributed by atoms with Crippen molar-refractivity contribution in [1.29, 1.82) is 0 Å². The number of likely N-dealkylation sites (tertiary alicyclic amines) is 1. The molecule has 0 radical (unpaired) electrons. The van der Waals surface area contributed by atoms with Gasteiger partial charge in [-0.1, -0.05) is 12.1 Å². The van der Waals surface area contributed by atoms with E-state index in [1.165, 1.54) is 12.1 Å². The molecule has 0 spiro atoms. The minimum atomic E-state index is -0.489. The maximum Gasteiger partial charge on any atom is 0.321 e. The molecule has 2 N–H and O–H groups in total. The number of benzene rings is 1. The van der Waals surface area contributed by atoms with Gasteiger partial charge in [-0.15, -0.1) is 0 Å². The van der Waals surface area contributed by atoms with Crippen molar-refractivity contribution < 1.29 is 14.0 Å². The summed E-state index contributed by atoms with van der Waals surface area (Å²) in [5.41, 5.74) is 0.132. The summed E-state index contributed by atoms with van der Waals surface area (Å²) in [6, 6.07) is 7.31. The second-order valence-corrected chi connectivity index (χ2v) is 6.06. The summed E-state index contributed by atoms with van der Waals surface area (Å²) in [4.78, 5) is 26.3. The maximum absolute atomic E-state index is 13.7. The fourth-order valence-corrected chi connectivity index (χ4v) is 2.84. The minimum Gasteiger partial charge on any atom is -0.324 e. The van der Waals surface area contributed by atoms with Crippen LogP contribution in [0.4, 0.5) is 20.7 Å². The zero-order valence-electron chi connectivity index (χ0n) is 13.9. The van der Waals surface area contributed by atoms with Crippen molar-refractivity contribution in [3.05, 3.63) is 42.3 Å².